The van der Waals surface area contributed by atoms with Crippen LogP contribution in [0.15, 0.2) is 0 Å². The second-order valence-corrected chi connectivity index (χ2v) is 23.2. The van der Waals surface area contributed by atoms with Gasteiger partial charge in [-0.1, -0.05) is 173 Å². The highest BCUT2D eigenvalue weighted by atomic mass is 32.2. The topological polar surface area (TPSA) is 177 Å². The number of hydrogen-bond donors (Lipinski definition) is 2. The molecule has 67 heavy (non-hydrogen) atoms. The van der Waals surface area contributed by atoms with Crippen molar-refractivity contribution in [3.63, 3.8) is 0 Å². The number of amides is 1. The number of nitrogens with one attached hydrogen (secondary N) is 1. The summed E-state index contributed by atoms with van der Waals surface area (Å²) >= 11 is 8.06. The maximum atomic E-state index is 13.2. The molecule has 0 aromatic rings. The van der Waals surface area contributed by atoms with Gasteiger partial charge in [0.25, 0.3) is 0 Å². The van der Waals surface area contributed by atoms with Gasteiger partial charge in [0.05, 0.1) is 26.2 Å². The number of phosphoric ester groups is 1. The number of methoxy groups -OCH3 is 1. The summed E-state index contributed by atoms with van der Waals surface area (Å²) in [6.45, 7) is 16.5. The van der Waals surface area contributed by atoms with Crippen molar-refractivity contribution < 1.29 is 56.6 Å². The molecule has 0 fully saturated rings. The summed E-state index contributed by atoms with van der Waals surface area (Å²) in [5.41, 5.74) is -1.12. The molecule has 0 heterocycles. The molecule has 0 radical (unpaired) electrons. The third kappa shape index (κ3) is 37.7. The molecule has 0 aliphatic rings. The number of thioether (sulfide) groups is 2. The smallest absolute Gasteiger partial charge is 0.462 e. The van der Waals surface area contributed by atoms with Crippen molar-refractivity contribution in [1.29, 1.82) is 0 Å². The minimum Gasteiger partial charge on any atom is -0.462 e. The van der Waals surface area contributed by atoms with E-state index >= 15 is 0 Å². The Bertz CT molecular complexity index is 1440. The third-order valence-corrected chi connectivity index (χ3v) is 14.8. The molecule has 0 saturated carbocycles. The van der Waals surface area contributed by atoms with E-state index in [1.807, 2.05) is 6.92 Å². The summed E-state index contributed by atoms with van der Waals surface area (Å²) in [7, 11) is -3.18. The molecule has 0 rings (SSSR count). The van der Waals surface area contributed by atoms with E-state index in [9.17, 15) is 28.6 Å². The van der Waals surface area contributed by atoms with E-state index in [2.05, 4.69) is 24.0 Å². The number of carbonyl (C=O) groups is 4. The molecule has 0 bridgehead atoms. The van der Waals surface area contributed by atoms with Crippen molar-refractivity contribution in [2.75, 3.05) is 52.4 Å². The maximum Gasteiger partial charge on any atom is 0.472 e. The number of phosphoric acid groups is 1. The first kappa shape index (κ1) is 65.2. The number of ether oxygens (including phenoxy) is 4. The predicted molar refractivity (Wildman–Crippen MR) is 276 cm³/mol. The van der Waals surface area contributed by atoms with E-state index in [-0.39, 0.29) is 65.1 Å². The van der Waals surface area contributed by atoms with Crippen LogP contribution >= 0.6 is 43.6 Å². The lowest BCUT2D eigenvalue weighted by Gasteiger charge is -2.31. The first-order chi connectivity index (χ1) is 32.1. The number of carbonyl (C=O) groups excluding carboxylic acids is 4. The molecule has 0 spiro atoms. The monoisotopic (exact) mass is 1020 g/mol. The van der Waals surface area contributed by atoms with Gasteiger partial charge in [-0.15, -0.1) is 11.8 Å². The van der Waals surface area contributed by atoms with E-state index in [1.54, 1.807) is 13.8 Å². The summed E-state index contributed by atoms with van der Waals surface area (Å²) in [5, 5.41) is 2.62. The molecule has 4 atom stereocenters. The van der Waals surface area contributed by atoms with Crippen molar-refractivity contribution in [2.24, 2.45) is 0 Å². The highest BCUT2D eigenvalue weighted by molar-refractivity contribution is 8.47. The van der Waals surface area contributed by atoms with Crippen molar-refractivity contribution >= 4 is 70.9 Å². The lowest BCUT2D eigenvalue weighted by Crippen LogP contribution is -2.42. The van der Waals surface area contributed by atoms with Gasteiger partial charge in [0.2, 0.25) is 11.4 Å². The largest absolute Gasteiger partial charge is 0.472 e. The van der Waals surface area contributed by atoms with Crippen LogP contribution in [-0.4, -0.2) is 101 Å². The molecule has 0 aliphatic carbocycles. The van der Waals surface area contributed by atoms with Crippen LogP contribution in [0.25, 0.3) is 4.85 Å². The Morgan fingerprint density at radius 1 is 0.701 bits per heavy atom. The van der Waals surface area contributed by atoms with Crippen LogP contribution in [0.2, 0.25) is 0 Å². The van der Waals surface area contributed by atoms with Crippen LogP contribution in [0.3, 0.4) is 0 Å². The Morgan fingerprint density at radius 3 is 1.70 bits per heavy atom. The Kier molecular flexibility index (Phi) is 40.9. The molecular weight excluding hydrogens is 936 g/mol. The third-order valence-electron chi connectivity index (χ3n) is 11.2. The fourth-order valence-corrected chi connectivity index (χ4v) is 11.2. The van der Waals surface area contributed by atoms with E-state index in [4.69, 9.17) is 46.8 Å². The van der Waals surface area contributed by atoms with Gasteiger partial charge in [0.1, 0.15) is 21.5 Å². The number of hydrogen-bond acceptors (Lipinski definition) is 14. The van der Waals surface area contributed by atoms with E-state index in [0.717, 1.165) is 38.5 Å². The minimum atomic E-state index is -4.68. The van der Waals surface area contributed by atoms with Crippen LogP contribution in [0.5, 0.6) is 0 Å². The van der Waals surface area contributed by atoms with Crippen LogP contribution in [0.1, 0.15) is 208 Å². The molecule has 3 unspecified atom stereocenters. The highest BCUT2D eigenvalue weighted by Crippen LogP contribution is 2.43. The average molecular weight is 1030 g/mol. The molecule has 0 aliphatic heterocycles. The van der Waals surface area contributed by atoms with Crippen molar-refractivity contribution in [2.45, 2.75) is 224 Å². The number of rotatable bonds is 45. The van der Waals surface area contributed by atoms with Crippen LogP contribution in [-0.2, 0) is 51.7 Å². The first-order valence-electron chi connectivity index (χ1n) is 25.2. The van der Waals surface area contributed by atoms with Crippen LogP contribution in [0.4, 0.5) is 0 Å². The SMILES string of the molecule is [C-]#[N+]C(C)(CCC(=O)NCCOP(=O)(O)OC[C@@H](COC(=O)CCCCCCCCCCCCC)OC(=O)CCCCCCCCCCCCC)CC(C)(SC(=S)SCC)C(=O)OCCOC. The van der Waals surface area contributed by atoms with E-state index in [0.29, 0.717) is 22.1 Å². The van der Waals surface area contributed by atoms with E-state index in [1.165, 1.54) is 121 Å². The van der Waals surface area contributed by atoms with Gasteiger partial charge in [0, 0.05) is 46.3 Å². The molecule has 0 saturated heterocycles. The number of esters is 3. The lowest BCUT2D eigenvalue weighted by molar-refractivity contribution is -0.161. The second kappa shape index (κ2) is 42.0. The fourth-order valence-electron chi connectivity index (χ4n) is 7.29. The number of unbranched alkanes of at least 4 members (excludes halogenated alkanes) is 20. The maximum absolute atomic E-state index is 13.2. The number of thiocarbonyl (C=S) groups is 1. The summed E-state index contributed by atoms with van der Waals surface area (Å²) in [6, 6.07) is 0. The normalized spacial score (nSPS) is 14.5. The van der Waals surface area contributed by atoms with Crippen molar-refractivity contribution in [1.82, 2.24) is 5.32 Å². The first-order valence-corrected chi connectivity index (χ1v) is 28.9. The van der Waals surface area contributed by atoms with Gasteiger partial charge in [-0.05, 0) is 25.5 Å². The Morgan fingerprint density at radius 2 is 1.21 bits per heavy atom. The van der Waals surface area contributed by atoms with Gasteiger partial charge < -0.3 is 34.0 Å². The summed E-state index contributed by atoms with van der Waals surface area (Å²) < 4.78 is 43.9. The Labute approximate surface area is 419 Å². The Balaban J connectivity index is 5.09. The molecule has 14 nitrogen and oxygen atoms in total. The Hall–Kier alpha value is -1.77. The van der Waals surface area contributed by atoms with Gasteiger partial charge in [0.15, 0.2) is 6.10 Å². The van der Waals surface area contributed by atoms with Crippen molar-refractivity contribution in [3.05, 3.63) is 11.4 Å². The summed E-state index contributed by atoms with van der Waals surface area (Å²) in [4.78, 5) is 65.7. The van der Waals surface area contributed by atoms with Crippen LogP contribution in [0, 0.1) is 6.57 Å². The second-order valence-electron chi connectivity index (χ2n) is 17.7. The molecule has 18 heteroatoms. The van der Waals surface area contributed by atoms with Gasteiger partial charge >= 0.3 is 25.7 Å². The molecule has 0 aromatic carbocycles. The van der Waals surface area contributed by atoms with Gasteiger partial charge in [-0.25, -0.2) is 11.1 Å². The zero-order valence-corrected chi connectivity index (χ0v) is 45.5. The fraction of sp³-hybridized carbons (Fsp3) is 0.878. The zero-order chi connectivity index (χ0) is 50.1. The van der Waals surface area contributed by atoms with Crippen LogP contribution < -0.4 is 5.32 Å². The predicted octanol–water partition coefficient (Wildman–Crippen LogP) is 12.7. The van der Waals surface area contributed by atoms with Crippen molar-refractivity contribution in [3.8, 4) is 0 Å². The lowest BCUT2D eigenvalue weighted by atomic mass is 9.86. The van der Waals surface area contributed by atoms with Gasteiger partial charge in [-0.3, -0.25) is 28.2 Å². The molecular formula is C49H89N2O12PS3. The molecule has 1 amide bonds. The molecule has 390 valence electrons. The molecule has 0 aromatic heterocycles. The quantitative estimate of drug-likeness (QED) is 0.0147. The number of nitrogens with zero attached hydrogens (tertiary/aromatic N) is 1. The summed E-state index contributed by atoms with van der Waals surface area (Å²) in [6.07, 6.45) is 24.5. The molecule has 2 N–H and O–H groups in total. The average Bonchev–Trinajstić information content (AvgIpc) is 3.29. The highest BCUT2D eigenvalue weighted by Gasteiger charge is 2.47. The zero-order valence-electron chi connectivity index (χ0n) is 42.2. The standard InChI is InChI=1S/C49H89N2O12PS3/c1-8-11-13-15-17-19-21-23-25-27-29-31-44(53)60-39-42(63-45(54)32-30-28-26-24-22-20-18-16-14-12-9-2)40-62-64(56,57)61-36-35-51-43(52)33-34-48(4,50-6)41-49(5,67-47(65)66-10-3)46(55)59-38-37-58-7/h42H,8-41H2,1-5,7H3,(H,51,52)(H,56,57)/t42-,48?,49?/m1/s1. The minimum absolute atomic E-state index is 0.0483. The summed E-state index contributed by atoms with van der Waals surface area (Å²) in [5.74, 6) is -1.20. The van der Waals surface area contributed by atoms with Gasteiger partial charge in [-0.2, -0.15) is 0 Å². The van der Waals surface area contributed by atoms with E-state index < -0.39 is 54.6 Å².